The van der Waals surface area contributed by atoms with Crippen LogP contribution in [0.1, 0.15) is 21.5 Å². The van der Waals surface area contributed by atoms with Gasteiger partial charge in [-0.3, -0.25) is 14.2 Å². The normalized spacial score (nSPS) is 10.4. The molecule has 0 unspecified atom stereocenters. The van der Waals surface area contributed by atoms with Crippen molar-refractivity contribution < 1.29 is 4.79 Å². The Balaban J connectivity index is 2.76. The van der Waals surface area contributed by atoms with Gasteiger partial charge in [-0.05, 0) is 53.0 Å². The number of rotatable bonds is 2. The minimum absolute atomic E-state index is 0.137. The van der Waals surface area contributed by atoms with Crippen LogP contribution in [0.3, 0.4) is 0 Å². The van der Waals surface area contributed by atoms with E-state index in [2.05, 4.69) is 15.9 Å². The van der Waals surface area contributed by atoms with Gasteiger partial charge in [-0.25, -0.2) is 0 Å². The monoisotopic (exact) mass is 305 g/mol. The van der Waals surface area contributed by atoms with E-state index in [1.54, 1.807) is 12.3 Å². The summed E-state index contributed by atoms with van der Waals surface area (Å²) in [6.45, 7) is 3.90. The van der Waals surface area contributed by atoms with Gasteiger partial charge in [0.25, 0.3) is 5.56 Å². The molecule has 3 nitrogen and oxygen atoms in total. The lowest BCUT2D eigenvalue weighted by Crippen LogP contribution is -2.22. The third-order valence-corrected chi connectivity index (χ3v) is 3.51. The quantitative estimate of drug-likeness (QED) is 0.800. The molecular formula is C14H12BrNO2. The summed E-state index contributed by atoms with van der Waals surface area (Å²) in [5.74, 6) is 0. The fourth-order valence-corrected chi connectivity index (χ4v) is 2.19. The van der Waals surface area contributed by atoms with Gasteiger partial charge in [-0.1, -0.05) is 12.1 Å². The second kappa shape index (κ2) is 4.90. The van der Waals surface area contributed by atoms with Crippen LogP contribution in [-0.2, 0) is 0 Å². The number of carbonyl (C=O) groups excluding carboxylic acids is 1. The van der Waals surface area contributed by atoms with Crippen LogP contribution in [0.4, 0.5) is 0 Å². The Kier molecular flexibility index (Phi) is 3.48. The zero-order valence-electron chi connectivity index (χ0n) is 10.1. The maximum Gasteiger partial charge on any atom is 0.266 e. The number of aryl methyl sites for hydroxylation is 2. The summed E-state index contributed by atoms with van der Waals surface area (Å²) in [6.07, 6.45) is 2.25. The van der Waals surface area contributed by atoms with Crippen LogP contribution in [0.15, 0.2) is 39.7 Å². The zero-order chi connectivity index (χ0) is 13.3. The van der Waals surface area contributed by atoms with E-state index in [9.17, 15) is 9.59 Å². The molecule has 4 heteroatoms. The number of pyridine rings is 1. The zero-order valence-corrected chi connectivity index (χ0v) is 11.7. The molecule has 1 aromatic heterocycles. The first kappa shape index (κ1) is 12.8. The highest BCUT2D eigenvalue weighted by atomic mass is 79.9. The summed E-state index contributed by atoms with van der Waals surface area (Å²) in [5.41, 5.74) is 2.68. The molecule has 0 aliphatic rings. The molecule has 2 rings (SSSR count). The van der Waals surface area contributed by atoms with Crippen molar-refractivity contribution >= 4 is 22.2 Å². The van der Waals surface area contributed by atoms with Crippen LogP contribution in [0, 0.1) is 13.8 Å². The molecule has 2 aromatic rings. The number of carbonyl (C=O) groups is 1. The van der Waals surface area contributed by atoms with Crippen molar-refractivity contribution in [2.24, 2.45) is 0 Å². The van der Waals surface area contributed by atoms with Crippen molar-refractivity contribution in [2.75, 3.05) is 0 Å². The molecule has 0 N–H and O–H groups in total. The molecule has 1 heterocycles. The van der Waals surface area contributed by atoms with Gasteiger partial charge < -0.3 is 0 Å². The van der Waals surface area contributed by atoms with Crippen molar-refractivity contribution in [3.8, 4) is 5.69 Å². The molecular weight excluding hydrogens is 294 g/mol. The number of aldehydes is 1. The average Bonchev–Trinajstić information content (AvgIpc) is 2.34. The van der Waals surface area contributed by atoms with E-state index >= 15 is 0 Å². The summed E-state index contributed by atoms with van der Waals surface area (Å²) < 4.78 is 2.01. The number of hydrogen-bond acceptors (Lipinski definition) is 2. The standard InChI is InChI=1S/C14H12BrNO2/c1-9-3-4-10(2)13(7-9)16-6-5-12(15)11(8-17)14(16)18/h3-8H,1-2H3. The molecule has 18 heavy (non-hydrogen) atoms. The Morgan fingerprint density at radius 3 is 2.61 bits per heavy atom. The predicted molar refractivity (Wildman–Crippen MR) is 74.6 cm³/mol. The first-order valence-corrected chi connectivity index (χ1v) is 6.28. The van der Waals surface area contributed by atoms with Crippen LogP contribution < -0.4 is 5.56 Å². The van der Waals surface area contributed by atoms with Gasteiger partial charge in [0.05, 0.1) is 11.3 Å². The number of halogens is 1. The summed E-state index contributed by atoms with van der Waals surface area (Å²) in [7, 11) is 0. The molecule has 0 amide bonds. The van der Waals surface area contributed by atoms with Gasteiger partial charge in [-0.15, -0.1) is 0 Å². The maximum absolute atomic E-state index is 12.2. The summed E-state index contributed by atoms with van der Waals surface area (Å²) in [5, 5.41) is 0. The Morgan fingerprint density at radius 1 is 1.22 bits per heavy atom. The topological polar surface area (TPSA) is 39.1 Å². The number of benzene rings is 1. The van der Waals surface area contributed by atoms with Gasteiger partial charge in [0.2, 0.25) is 0 Å². The van der Waals surface area contributed by atoms with Crippen LogP contribution in [0.25, 0.3) is 5.69 Å². The Morgan fingerprint density at radius 2 is 1.94 bits per heavy atom. The van der Waals surface area contributed by atoms with Crippen molar-refractivity contribution in [1.82, 2.24) is 4.57 Å². The lowest BCUT2D eigenvalue weighted by atomic mass is 10.1. The predicted octanol–water partition coefficient (Wildman–Crippen LogP) is 3.03. The highest BCUT2D eigenvalue weighted by Crippen LogP contribution is 2.17. The van der Waals surface area contributed by atoms with Crippen LogP contribution >= 0.6 is 15.9 Å². The van der Waals surface area contributed by atoms with Gasteiger partial charge in [0.15, 0.2) is 6.29 Å². The van der Waals surface area contributed by atoms with E-state index in [1.807, 2.05) is 32.0 Å². The number of nitrogens with zero attached hydrogens (tertiary/aromatic N) is 1. The molecule has 92 valence electrons. The van der Waals surface area contributed by atoms with E-state index in [-0.39, 0.29) is 11.1 Å². The van der Waals surface area contributed by atoms with Crippen molar-refractivity contribution in [3.63, 3.8) is 0 Å². The highest BCUT2D eigenvalue weighted by Gasteiger charge is 2.10. The third-order valence-electron chi connectivity index (χ3n) is 2.82. The Labute approximate surface area is 113 Å². The van der Waals surface area contributed by atoms with Gasteiger partial charge in [0.1, 0.15) is 0 Å². The number of aromatic nitrogens is 1. The Bertz CT molecular complexity index is 674. The first-order valence-electron chi connectivity index (χ1n) is 5.48. The average molecular weight is 306 g/mol. The second-order valence-electron chi connectivity index (χ2n) is 4.16. The van der Waals surface area contributed by atoms with Crippen molar-refractivity contribution in [1.29, 1.82) is 0 Å². The summed E-state index contributed by atoms with van der Waals surface area (Å²) in [6, 6.07) is 7.58. The second-order valence-corrected chi connectivity index (χ2v) is 5.01. The lowest BCUT2D eigenvalue weighted by Gasteiger charge is -2.11. The van der Waals surface area contributed by atoms with Gasteiger partial charge >= 0.3 is 0 Å². The summed E-state index contributed by atoms with van der Waals surface area (Å²) in [4.78, 5) is 23.1. The lowest BCUT2D eigenvalue weighted by molar-refractivity contribution is 0.112. The molecule has 0 aliphatic carbocycles. The first-order chi connectivity index (χ1) is 8.54. The molecule has 0 spiro atoms. The van der Waals surface area contributed by atoms with Crippen LogP contribution in [-0.4, -0.2) is 10.9 Å². The third kappa shape index (κ3) is 2.16. The maximum atomic E-state index is 12.2. The largest absolute Gasteiger partial charge is 0.298 e. The molecule has 0 saturated heterocycles. The molecule has 0 radical (unpaired) electrons. The molecule has 0 aliphatic heterocycles. The van der Waals surface area contributed by atoms with Crippen molar-refractivity contribution in [3.05, 3.63) is 62.0 Å². The van der Waals surface area contributed by atoms with E-state index in [4.69, 9.17) is 0 Å². The SMILES string of the molecule is Cc1ccc(C)c(-n2ccc(Br)c(C=O)c2=O)c1. The molecule has 0 saturated carbocycles. The molecule has 0 atom stereocenters. The minimum atomic E-state index is -0.312. The van der Waals surface area contributed by atoms with E-state index in [0.29, 0.717) is 10.8 Å². The van der Waals surface area contributed by atoms with Crippen molar-refractivity contribution in [2.45, 2.75) is 13.8 Å². The fourth-order valence-electron chi connectivity index (χ4n) is 1.80. The molecule has 0 fully saturated rings. The van der Waals surface area contributed by atoms with Gasteiger partial charge in [0, 0.05) is 10.7 Å². The van der Waals surface area contributed by atoms with E-state index in [0.717, 1.165) is 16.8 Å². The highest BCUT2D eigenvalue weighted by molar-refractivity contribution is 9.10. The van der Waals surface area contributed by atoms with E-state index < -0.39 is 0 Å². The fraction of sp³-hybridized carbons (Fsp3) is 0.143. The molecule has 1 aromatic carbocycles. The van der Waals surface area contributed by atoms with Crippen LogP contribution in [0.5, 0.6) is 0 Å². The van der Waals surface area contributed by atoms with Gasteiger partial charge in [-0.2, -0.15) is 0 Å². The Hall–Kier alpha value is -1.68. The van der Waals surface area contributed by atoms with Crippen LogP contribution in [0.2, 0.25) is 0 Å². The van der Waals surface area contributed by atoms with E-state index in [1.165, 1.54) is 4.57 Å². The summed E-state index contributed by atoms with van der Waals surface area (Å²) >= 11 is 3.20. The molecule has 0 bridgehead atoms. The number of hydrogen-bond donors (Lipinski definition) is 0. The smallest absolute Gasteiger partial charge is 0.266 e. The minimum Gasteiger partial charge on any atom is -0.298 e.